The van der Waals surface area contributed by atoms with Gasteiger partial charge < -0.3 is 5.11 Å². The molecule has 1 heterocycles. The average Bonchev–Trinajstić information content (AvgIpc) is 2.47. The molecule has 0 aliphatic carbocycles. The lowest BCUT2D eigenvalue weighted by molar-refractivity contribution is -0.562. The minimum atomic E-state index is -0.441. The molecule has 0 radical (unpaired) electrons. The Morgan fingerprint density at radius 1 is 1.05 bits per heavy atom. The maximum atomic E-state index is 11.1. The van der Waals surface area contributed by atoms with E-state index in [2.05, 4.69) is 5.10 Å². The molecule has 21 heavy (non-hydrogen) atoms. The molecule has 2 aromatic rings. The second-order valence-electron chi connectivity index (χ2n) is 4.57. The average molecular weight is 281 g/mol. The highest BCUT2D eigenvalue weighted by Crippen LogP contribution is 2.17. The number of hydrogen-bond acceptors (Lipinski definition) is 4. The molecule has 0 bridgehead atoms. The van der Waals surface area contributed by atoms with Crippen LogP contribution in [0.15, 0.2) is 59.7 Å². The minimum Gasteiger partial charge on any atom is -0.853 e. The van der Waals surface area contributed by atoms with Crippen LogP contribution >= 0.6 is 0 Å². The van der Waals surface area contributed by atoms with Gasteiger partial charge in [-0.3, -0.25) is 10.1 Å². The molecular formula is C15H11N3O3. The van der Waals surface area contributed by atoms with Crippen LogP contribution in [0.5, 0.6) is 0 Å². The molecule has 0 saturated heterocycles. The molecule has 0 atom stereocenters. The second kappa shape index (κ2) is 5.16. The molecule has 0 aromatic heterocycles. The molecule has 0 spiro atoms. The van der Waals surface area contributed by atoms with Crippen molar-refractivity contribution in [2.75, 3.05) is 6.54 Å². The van der Waals surface area contributed by atoms with Crippen LogP contribution < -0.4 is 5.11 Å². The summed E-state index contributed by atoms with van der Waals surface area (Å²) in [7, 11) is 0. The predicted molar refractivity (Wildman–Crippen MR) is 75.3 cm³/mol. The third-order valence-corrected chi connectivity index (χ3v) is 3.17. The van der Waals surface area contributed by atoms with Crippen molar-refractivity contribution >= 4 is 17.3 Å². The van der Waals surface area contributed by atoms with Crippen LogP contribution in [0.25, 0.3) is 0 Å². The lowest BCUT2D eigenvalue weighted by atomic mass is 10.0. The monoisotopic (exact) mass is 281 g/mol. The summed E-state index contributed by atoms with van der Waals surface area (Å²) >= 11 is 0. The standard InChI is InChI=1S/C15H11N3O3/c19-14-10-17(16-14)15(11-4-2-1-3-5-11)12-6-8-13(9-7-12)18(20)21/h1-9H,10H2/b17-15-. The maximum Gasteiger partial charge on any atom is 0.269 e. The van der Waals surface area contributed by atoms with E-state index in [1.807, 2.05) is 30.3 Å². The van der Waals surface area contributed by atoms with E-state index >= 15 is 0 Å². The highest BCUT2D eigenvalue weighted by molar-refractivity contribution is 6.10. The van der Waals surface area contributed by atoms with Crippen LogP contribution in [-0.4, -0.2) is 27.8 Å². The highest BCUT2D eigenvalue weighted by Gasteiger charge is 2.25. The first-order chi connectivity index (χ1) is 10.1. The fraction of sp³-hybridized carbons (Fsp3) is 0.0667. The van der Waals surface area contributed by atoms with Crippen LogP contribution in [0, 0.1) is 10.1 Å². The number of nitrogens with zero attached hydrogens (tertiary/aromatic N) is 3. The van der Waals surface area contributed by atoms with Crippen molar-refractivity contribution in [2.24, 2.45) is 5.10 Å². The molecule has 0 N–H and O–H groups in total. The van der Waals surface area contributed by atoms with Crippen LogP contribution in [0.2, 0.25) is 0 Å². The van der Waals surface area contributed by atoms with Gasteiger partial charge in [0.15, 0.2) is 0 Å². The van der Waals surface area contributed by atoms with E-state index in [1.165, 1.54) is 12.1 Å². The van der Waals surface area contributed by atoms with Crippen molar-refractivity contribution in [3.63, 3.8) is 0 Å². The van der Waals surface area contributed by atoms with Gasteiger partial charge in [0.2, 0.25) is 12.3 Å². The Bertz CT molecular complexity index is 749. The van der Waals surface area contributed by atoms with Gasteiger partial charge in [0.25, 0.3) is 5.69 Å². The zero-order valence-corrected chi connectivity index (χ0v) is 11.0. The van der Waals surface area contributed by atoms with E-state index in [9.17, 15) is 15.2 Å². The maximum absolute atomic E-state index is 11.1. The summed E-state index contributed by atoms with van der Waals surface area (Å²) in [4.78, 5) is 10.3. The Hall–Kier alpha value is -3.02. The van der Waals surface area contributed by atoms with Gasteiger partial charge in [0.1, 0.15) is 5.90 Å². The van der Waals surface area contributed by atoms with Crippen molar-refractivity contribution in [2.45, 2.75) is 0 Å². The van der Waals surface area contributed by atoms with Crippen LogP contribution in [0.3, 0.4) is 0 Å². The van der Waals surface area contributed by atoms with Gasteiger partial charge in [-0.1, -0.05) is 22.9 Å². The fourth-order valence-corrected chi connectivity index (χ4v) is 2.18. The lowest BCUT2D eigenvalue weighted by Gasteiger charge is -2.16. The number of rotatable bonds is 3. The van der Waals surface area contributed by atoms with Crippen molar-refractivity contribution in [3.05, 3.63) is 75.8 Å². The molecule has 0 unspecified atom stereocenters. The Balaban J connectivity index is 2.09. The third kappa shape index (κ3) is 2.51. The van der Waals surface area contributed by atoms with E-state index in [-0.39, 0.29) is 18.1 Å². The van der Waals surface area contributed by atoms with Crippen LogP contribution in [-0.2, 0) is 0 Å². The van der Waals surface area contributed by atoms with Gasteiger partial charge >= 0.3 is 0 Å². The van der Waals surface area contributed by atoms with E-state index in [1.54, 1.807) is 16.8 Å². The predicted octanol–water partition coefficient (Wildman–Crippen LogP) is 1.13. The fourth-order valence-electron chi connectivity index (χ4n) is 2.18. The Morgan fingerprint density at radius 2 is 1.62 bits per heavy atom. The van der Waals surface area contributed by atoms with Gasteiger partial charge in [0, 0.05) is 23.3 Å². The summed E-state index contributed by atoms with van der Waals surface area (Å²) < 4.78 is 1.61. The van der Waals surface area contributed by atoms with Crippen molar-refractivity contribution < 1.29 is 14.7 Å². The quantitative estimate of drug-likeness (QED) is 0.480. The SMILES string of the molecule is O=[N+]([O-])c1ccc(/C(c2ccccc2)=[N+]2/CC([O-])=N2)cc1. The zero-order chi connectivity index (χ0) is 14.8. The van der Waals surface area contributed by atoms with E-state index in [4.69, 9.17) is 0 Å². The molecule has 104 valence electrons. The molecule has 0 amide bonds. The smallest absolute Gasteiger partial charge is 0.269 e. The summed E-state index contributed by atoms with van der Waals surface area (Å²) in [6.07, 6.45) is 0. The second-order valence-corrected chi connectivity index (χ2v) is 4.57. The van der Waals surface area contributed by atoms with Crippen molar-refractivity contribution in [3.8, 4) is 0 Å². The molecule has 1 aliphatic heterocycles. The summed E-state index contributed by atoms with van der Waals surface area (Å²) in [5.74, 6) is -0.176. The zero-order valence-electron chi connectivity index (χ0n) is 11.0. The highest BCUT2D eigenvalue weighted by atomic mass is 16.6. The summed E-state index contributed by atoms with van der Waals surface area (Å²) in [5.41, 5.74) is 2.48. The van der Waals surface area contributed by atoms with Crippen LogP contribution in [0.4, 0.5) is 5.69 Å². The molecule has 3 rings (SSSR count). The largest absolute Gasteiger partial charge is 0.853 e. The van der Waals surface area contributed by atoms with Crippen molar-refractivity contribution in [1.82, 2.24) is 0 Å². The van der Waals surface area contributed by atoms with Gasteiger partial charge in [-0.2, -0.15) is 0 Å². The number of non-ortho nitro benzene ring substituents is 1. The van der Waals surface area contributed by atoms with E-state index < -0.39 is 4.92 Å². The first-order valence-electron chi connectivity index (χ1n) is 6.34. The van der Waals surface area contributed by atoms with Gasteiger partial charge in [-0.05, 0) is 29.4 Å². The summed E-state index contributed by atoms with van der Waals surface area (Å²) in [6.45, 7) is 0.223. The Morgan fingerprint density at radius 3 is 2.14 bits per heavy atom. The molecule has 6 nitrogen and oxygen atoms in total. The van der Waals surface area contributed by atoms with Gasteiger partial charge in [-0.25, -0.2) is 0 Å². The summed E-state index contributed by atoms with van der Waals surface area (Å²) in [6, 6.07) is 15.7. The molecule has 1 aliphatic rings. The lowest BCUT2D eigenvalue weighted by Crippen LogP contribution is -2.41. The first kappa shape index (κ1) is 13.0. The topological polar surface area (TPSA) is 81.6 Å². The van der Waals surface area contributed by atoms with Gasteiger partial charge in [-0.15, -0.1) is 0 Å². The number of nitro benzene ring substituents is 1. The number of hydrogen-bond donors (Lipinski definition) is 0. The Kier molecular flexibility index (Phi) is 3.19. The molecule has 0 fully saturated rings. The van der Waals surface area contributed by atoms with Crippen LogP contribution in [0.1, 0.15) is 11.1 Å². The molecule has 2 aromatic carbocycles. The minimum absolute atomic E-state index is 0.0304. The van der Waals surface area contributed by atoms with Gasteiger partial charge in [0.05, 0.1) is 4.92 Å². The van der Waals surface area contributed by atoms with E-state index in [0.29, 0.717) is 0 Å². The van der Waals surface area contributed by atoms with E-state index in [0.717, 1.165) is 16.8 Å². The first-order valence-corrected chi connectivity index (χ1v) is 6.34. The van der Waals surface area contributed by atoms with Crippen molar-refractivity contribution in [1.29, 1.82) is 0 Å². The summed E-state index contributed by atoms with van der Waals surface area (Å²) in [5, 5.41) is 25.7. The molecular weight excluding hydrogens is 270 g/mol. The third-order valence-electron chi connectivity index (χ3n) is 3.17. The molecule has 6 heteroatoms. The Labute approximate surface area is 120 Å². The number of hydrazone groups is 1. The molecule has 0 saturated carbocycles. The number of benzene rings is 2. The number of nitro groups is 1. The normalized spacial score (nSPS) is 15.9.